The number of amides is 1. The van der Waals surface area contributed by atoms with Crippen LogP contribution in [0.25, 0.3) is 0 Å². The number of ether oxygens (including phenoxy) is 1. The van der Waals surface area contributed by atoms with Crippen molar-refractivity contribution in [2.24, 2.45) is 7.05 Å². The van der Waals surface area contributed by atoms with Gasteiger partial charge in [-0.1, -0.05) is 0 Å². The number of nitrogens with zero attached hydrogens (tertiary/aromatic N) is 3. The van der Waals surface area contributed by atoms with E-state index in [9.17, 15) is 4.79 Å². The molecule has 16 heavy (non-hydrogen) atoms. The van der Waals surface area contributed by atoms with Gasteiger partial charge in [0.15, 0.2) is 0 Å². The Morgan fingerprint density at radius 3 is 2.81 bits per heavy atom. The average Bonchev–Trinajstić information content (AvgIpc) is 2.53. The first kappa shape index (κ1) is 12.7. The number of hydrogen-bond donors (Lipinski definition) is 0. The van der Waals surface area contributed by atoms with E-state index in [0.29, 0.717) is 19.6 Å². The molecule has 0 aromatic carbocycles. The maximum absolute atomic E-state index is 11.6. The lowest BCUT2D eigenvalue weighted by Gasteiger charge is -2.16. The second-order valence-electron chi connectivity index (χ2n) is 3.91. The molecule has 0 bridgehead atoms. The van der Waals surface area contributed by atoms with E-state index < -0.39 is 0 Å². The molecule has 0 atom stereocenters. The number of aromatic nitrogens is 2. The Balaban J connectivity index is 2.53. The van der Waals surface area contributed by atoms with Crippen LogP contribution in [0.5, 0.6) is 0 Å². The topological polar surface area (TPSA) is 47.4 Å². The fourth-order valence-corrected chi connectivity index (χ4v) is 1.53. The lowest BCUT2D eigenvalue weighted by Crippen LogP contribution is -2.27. The molecule has 0 aliphatic rings. The molecular weight excluding hydrogens is 206 g/mol. The molecule has 0 N–H and O–H groups in total. The van der Waals surface area contributed by atoms with Crippen LogP contribution in [0, 0.1) is 6.92 Å². The van der Waals surface area contributed by atoms with Crippen LogP contribution < -0.4 is 0 Å². The normalized spacial score (nSPS) is 10.5. The summed E-state index contributed by atoms with van der Waals surface area (Å²) < 4.78 is 6.64. The third-order valence-electron chi connectivity index (χ3n) is 2.47. The van der Waals surface area contributed by atoms with Crippen molar-refractivity contribution in [3.63, 3.8) is 0 Å². The molecule has 1 aromatic rings. The molecule has 1 aromatic heterocycles. The predicted molar refractivity (Wildman–Crippen MR) is 60.9 cm³/mol. The van der Waals surface area contributed by atoms with Crippen molar-refractivity contribution >= 4 is 5.91 Å². The molecule has 0 saturated carbocycles. The summed E-state index contributed by atoms with van der Waals surface area (Å²) in [4.78, 5) is 13.3. The maximum atomic E-state index is 11.6. The van der Waals surface area contributed by atoms with Crippen molar-refractivity contribution in [2.75, 3.05) is 20.8 Å². The summed E-state index contributed by atoms with van der Waals surface area (Å²) in [7, 11) is 5.27. The Bertz CT molecular complexity index is 360. The van der Waals surface area contributed by atoms with Gasteiger partial charge < -0.3 is 9.64 Å². The Morgan fingerprint density at radius 1 is 1.62 bits per heavy atom. The molecule has 5 heteroatoms. The van der Waals surface area contributed by atoms with Crippen LogP contribution in [0.4, 0.5) is 0 Å². The zero-order chi connectivity index (χ0) is 12.1. The van der Waals surface area contributed by atoms with E-state index in [1.54, 1.807) is 23.7 Å². The molecular formula is C11H19N3O2. The third-order valence-corrected chi connectivity index (χ3v) is 2.47. The second kappa shape index (κ2) is 5.65. The standard InChI is InChI=1S/C11H19N3O2/c1-9-10(8-14(3)12-9)7-13(2)11(15)5-6-16-4/h8H,5-7H2,1-4H3. The number of hydrogen-bond acceptors (Lipinski definition) is 3. The summed E-state index contributed by atoms with van der Waals surface area (Å²) in [5.41, 5.74) is 2.05. The van der Waals surface area contributed by atoms with Gasteiger partial charge in [-0.05, 0) is 6.92 Å². The van der Waals surface area contributed by atoms with Gasteiger partial charge in [0.25, 0.3) is 0 Å². The number of carbonyl (C=O) groups excluding carboxylic acids is 1. The first-order valence-corrected chi connectivity index (χ1v) is 5.26. The fourth-order valence-electron chi connectivity index (χ4n) is 1.53. The van der Waals surface area contributed by atoms with Gasteiger partial charge in [-0.15, -0.1) is 0 Å². The molecule has 1 amide bonds. The molecule has 0 radical (unpaired) electrons. The first-order valence-electron chi connectivity index (χ1n) is 5.26. The van der Waals surface area contributed by atoms with Gasteiger partial charge in [0.05, 0.1) is 18.7 Å². The van der Waals surface area contributed by atoms with E-state index in [4.69, 9.17) is 4.74 Å². The van der Waals surface area contributed by atoms with E-state index >= 15 is 0 Å². The van der Waals surface area contributed by atoms with Crippen molar-refractivity contribution in [3.8, 4) is 0 Å². The zero-order valence-corrected chi connectivity index (χ0v) is 10.4. The summed E-state index contributed by atoms with van der Waals surface area (Å²) in [6, 6.07) is 0. The van der Waals surface area contributed by atoms with Crippen LogP contribution in [0.15, 0.2) is 6.20 Å². The molecule has 0 fully saturated rings. The lowest BCUT2D eigenvalue weighted by molar-refractivity contribution is -0.131. The second-order valence-corrected chi connectivity index (χ2v) is 3.91. The van der Waals surface area contributed by atoms with E-state index in [-0.39, 0.29) is 5.91 Å². The van der Waals surface area contributed by atoms with Gasteiger partial charge in [0, 0.05) is 39.5 Å². The highest BCUT2D eigenvalue weighted by atomic mass is 16.5. The number of aryl methyl sites for hydroxylation is 2. The average molecular weight is 225 g/mol. The van der Waals surface area contributed by atoms with E-state index in [0.717, 1.165) is 11.3 Å². The van der Waals surface area contributed by atoms with Crippen LogP contribution in [-0.2, 0) is 23.1 Å². The zero-order valence-electron chi connectivity index (χ0n) is 10.4. The van der Waals surface area contributed by atoms with E-state index in [1.165, 1.54) is 0 Å². The van der Waals surface area contributed by atoms with Crippen LogP contribution >= 0.6 is 0 Å². The fraction of sp³-hybridized carbons (Fsp3) is 0.636. The van der Waals surface area contributed by atoms with Crippen molar-refractivity contribution < 1.29 is 9.53 Å². The third kappa shape index (κ3) is 3.34. The monoisotopic (exact) mass is 225 g/mol. The first-order chi connectivity index (χ1) is 7.54. The van der Waals surface area contributed by atoms with Crippen LogP contribution in [0.3, 0.4) is 0 Å². The number of methoxy groups -OCH3 is 1. The Morgan fingerprint density at radius 2 is 2.31 bits per heavy atom. The number of carbonyl (C=O) groups is 1. The summed E-state index contributed by atoms with van der Waals surface area (Å²) in [6.07, 6.45) is 2.36. The van der Waals surface area contributed by atoms with Gasteiger partial charge in [-0.2, -0.15) is 5.10 Å². The Labute approximate surface area is 96.0 Å². The number of rotatable bonds is 5. The van der Waals surface area contributed by atoms with E-state index in [1.807, 2.05) is 20.2 Å². The van der Waals surface area contributed by atoms with Crippen LogP contribution in [-0.4, -0.2) is 41.4 Å². The van der Waals surface area contributed by atoms with Gasteiger partial charge in [0.2, 0.25) is 5.91 Å². The minimum absolute atomic E-state index is 0.0881. The SMILES string of the molecule is COCCC(=O)N(C)Cc1cn(C)nc1C. The highest BCUT2D eigenvalue weighted by Crippen LogP contribution is 2.08. The molecule has 1 heterocycles. The predicted octanol–water partition coefficient (Wildman–Crippen LogP) is 0.723. The van der Waals surface area contributed by atoms with Crippen molar-refractivity contribution in [1.82, 2.24) is 14.7 Å². The minimum Gasteiger partial charge on any atom is -0.384 e. The summed E-state index contributed by atoms with van der Waals surface area (Å²) >= 11 is 0. The van der Waals surface area contributed by atoms with Crippen molar-refractivity contribution in [1.29, 1.82) is 0 Å². The largest absolute Gasteiger partial charge is 0.384 e. The Kier molecular flexibility index (Phi) is 4.49. The highest BCUT2D eigenvalue weighted by Gasteiger charge is 2.11. The molecule has 0 saturated heterocycles. The van der Waals surface area contributed by atoms with Gasteiger partial charge in [-0.25, -0.2) is 0 Å². The maximum Gasteiger partial charge on any atom is 0.224 e. The Hall–Kier alpha value is -1.36. The van der Waals surface area contributed by atoms with Gasteiger partial charge in [0.1, 0.15) is 0 Å². The molecule has 0 aliphatic carbocycles. The molecule has 1 rings (SSSR count). The summed E-state index contributed by atoms with van der Waals surface area (Å²) in [5, 5.41) is 4.24. The quantitative estimate of drug-likeness (QED) is 0.742. The molecule has 0 aliphatic heterocycles. The summed E-state index contributed by atoms with van der Waals surface area (Å²) in [6.45, 7) is 3.01. The van der Waals surface area contributed by atoms with Gasteiger partial charge in [-0.3, -0.25) is 9.48 Å². The van der Waals surface area contributed by atoms with Crippen molar-refractivity contribution in [2.45, 2.75) is 19.9 Å². The molecule has 0 spiro atoms. The molecule has 0 unspecified atom stereocenters. The minimum atomic E-state index is 0.0881. The van der Waals surface area contributed by atoms with Gasteiger partial charge >= 0.3 is 0 Å². The summed E-state index contributed by atoms with van der Waals surface area (Å²) in [5.74, 6) is 0.0881. The van der Waals surface area contributed by atoms with Crippen LogP contribution in [0.1, 0.15) is 17.7 Å². The smallest absolute Gasteiger partial charge is 0.224 e. The highest BCUT2D eigenvalue weighted by molar-refractivity contribution is 5.75. The van der Waals surface area contributed by atoms with Crippen LogP contribution in [0.2, 0.25) is 0 Å². The molecule has 5 nitrogen and oxygen atoms in total. The van der Waals surface area contributed by atoms with E-state index in [2.05, 4.69) is 5.10 Å². The molecule has 90 valence electrons. The lowest BCUT2D eigenvalue weighted by atomic mass is 10.2. The van der Waals surface area contributed by atoms with Crippen molar-refractivity contribution in [3.05, 3.63) is 17.5 Å².